The van der Waals surface area contributed by atoms with Crippen molar-refractivity contribution in [2.24, 2.45) is 0 Å². The van der Waals surface area contributed by atoms with Crippen molar-refractivity contribution in [3.05, 3.63) is 35.4 Å². The number of benzene rings is 1. The minimum Gasteiger partial charge on any atom is -0.322 e. The summed E-state index contributed by atoms with van der Waals surface area (Å²) in [5.74, 6) is -0.734. The van der Waals surface area contributed by atoms with Crippen molar-refractivity contribution >= 4 is 17.8 Å². The van der Waals surface area contributed by atoms with Crippen molar-refractivity contribution in [2.75, 3.05) is 6.54 Å². The second-order valence-corrected chi connectivity index (χ2v) is 7.95. The fourth-order valence-electron chi connectivity index (χ4n) is 4.13. The molecule has 1 aromatic carbocycles. The van der Waals surface area contributed by atoms with Gasteiger partial charge in [-0.15, -0.1) is 0 Å². The number of nitrogens with one attached hydrogen (secondary N) is 2. The third-order valence-corrected chi connectivity index (χ3v) is 6.05. The first-order valence-corrected chi connectivity index (χ1v) is 9.72. The van der Waals surface area contributed by atoms with E-state index >= 15 is 0 Å². The Hall–Kier alpha value is -2.41. The van der Waals surface area contributed by atoms with Crippen molar-refractivity contribution in [1.82, 2.24) is 20.7 Å². The third-order valence-electron chi connectivity index (χ3n) is 6.05. The normalized spacial score (nSPS) is 27.1. The molecule has 4 amide bonds. The van der Waals surface area contributed by atoms with Gasteiger partial charge in [-0.3, -0.25) is 19.9 Å². The molecule has 2 N–H and O–H groups in total. The molecule has 1 heterocycles. The minimum atomic E-state index is -0.953. The lowest BCUT2D eigenvalue weighted by atomic mass is 10.00. The summed E-state index contributed by atoms with van der Waals surface area (Å²) in [7, 11) is 0. The second kappa shape index (κ2) is 6.64. The molecule has 7 heteroatoms. The molecule has 0 unspecified atom stereocenters. The van der Waals surface area contributed by atoms with E-state index in [1.54, 1.807) is 6.92 Å². The van der Waals surface area contributed by atoms with Crippen LogP contribution in [0.5, 0.6) is 0 Å². The van der Waals surface area contributed by atoms with Gasteiger partial charge in [0.2, 0.25) is 0 Å². The van der Waals surface area contributed by atoms with Gasteiger partial charge in [0, 0.05) is 12.1 Å². The number of urea groups is 1. The molecule has 0 aromatic heterocycles. The largest absolute Gasteiger partial charge is 0.344 e. The molecule has 0 spiro atoms. The average Bonchev–Trinajstić information content (AvgIpc) is 3.38. The Labute approximate surface area is 159 Å². The lowest BCUT2D eigenvalue weighted by Gasteiger charge is -2.29. The molecule has 0 radical (unpaired) electrons. The van der Waals surface area contributed by atoms with Crippen molar-refractivity contribution in [2.45, 2.75) is 63.6 Å². The molecule has 144 valence electrons. The maximum Gasteiger partial charge on any atom is 0.344 e. The van der Waals surface area contributed by atoms with Gasteiger partial charge in [0.1, 0.15) is 5.54 Å². The summed E-state index contributed by atoms with van der Waals surface area (Å²) in [5.41, 5.74) is 4.21. The van der Waals surface area contributed by atoms with Crippen LogP contribution in [-0.4, -0.2) is 45.9 Å². The van der Waals surface area contributed by atoms with E-state index in [4.69, 9.17) is 0 Å². The van der Waals surface area contributed by atoms with Crippen LogP contribution in [0, 0.1) is 0 Å². The van der Waals surface area contributed by atoms with E-state index in [0.29, 0.717) is 12.5 Å². The first kappa shape index (κ1) is 18.0. The van der Waals surface area contributed by atoms with Crippen LogP contribution in [0.15, 0.2) is 24.3 Å². The monoisotopic (exact) mass is 370 g/mol. The van der Waals surface area contributed by atoms with E-state index in [1.165, 1.54) is 11.1 Å². The Balaban J connectivity index is 1.45. The van der Waals surface area contributed by atoms with E-state index in [9.17, 15) is 14.4 Å². The Morgan fingerprint density at radius 2 is 2.04 bits per heavy atom. The second-order valence-electron chi connectivity index (χ2n) is 7.95. The van der Waals surface area contributed by atoms with Gasteiger partial charge in [0.15, 0.2) is 0 Å². The number of carbonyl (C=O) groups excluding carboxylic acids is 3. The molecular formula is C20H26N4O3. The Morgan fingerprint density at radius 3 is 2.70 bits per heavy atom. The Bertz CT molecular complexity index is 791. The molecule has 3 aliphatic rings. The molecule has 1 saturated carbocycles. The summed E-state index contributed by atoms with van der Waals surface area (Å²) in [6.45, 7) is 3.69. The Kier molecular flexibility index (Phi) is 4.42. The van der Waals surface area contributed by atoms with Crippen molar-refractivity contribution in [3.8, 4) is 0 Å². The fraction of sp³-hybridized carbons (Fsp3) is 0.550. The summed E-state index contributed by atoms with van der Waals surface area (Å²) >= 11 is 0. The maximum absolute atomic E-state index is 12.7. The summed E-state index contributed by atoms with van der Waals surface area (Å²) in [4.78, 5) is 39.5. The molecule has 2 fully saturated rings. The van der Waals surface area contributed by atoms with E-state index < -0.39 is 17.5 Å². The van der Waals surface area contributed by atoms with Gasteiger partial charge in [0.05, 0.1) is 6.54 Å². The van der Waals surface area contributed by atoms with Crippen molar-refractivity contribution in [3.63, 3.8) is 0 Å². The van der Waals surface area contributed by atoms with Crippen LogP contribution in [0.2, 0.25) is 0 Å². The molecule has 1 saturated heterocycles. The van der Waals surface area contributed by atoms with Gasteiger partial charge >= 0.3 is 6.03 Å². The van der Waals surface area contributed by atoms with E-state index in [-0.39, 0.29) is 18.5 Å². The number of rotatable bonds is 6. The van der Waals surface area contributed by atoms with Crippen molar-refractivity contribution in [1.29, 1.82) is 0 Å². The molecule has 1 aromatic rings. The number of amides is 4. The van der Waals surface area contributed by atoms with Crippen LogP contribution >= 0.6 is 0 Å². The Morgan fingerprint density at radius 1 is 1.30 bits per heavy atom. The van der Waals surface area contributed by atoms with Gasteiger partial charge in [-0.05, 0) is 50.2 Å². The van der Waals surface area contributed by atoms with Gasteiger partial charge in [0.25, 0.3) is 11.8 Å². The highest BCUT2D eigenvalue weighted by Crippen LogP contribution is 2.41. The van der Waals surface area contributed by atoms with Crippen LogP contribution in [0.3, 0.4) is 0 Å². The number of hydrogen-bond donors (Lipinski definition) is 2. The van der Waals surface area contributed by atoms with E-state index in [0.717, 1.165) is 30.7 Å². The number of hydrazine groups is 1. The van der Waals surface area contributed by atoms with E-state index in [1.807, 2.05) is 13.0 Å². The van der Waals surface area contributed by atoms with Crippen LogP contribution in [0.4, 0.5) is 4.79 Å². The number of nitrogens with zero attached hydrogens (tertiary/aromatic N) is 2. The fourth-order valence-corrected chi connectivity index (χ4v) is 4.13. The highest BCUT2D eigenvalue weighted by molar-refractivity contribution is 6.07. The summed E-state index contributed by atoms with van der Waals surface area (Å²) in [6.07, 6.45) is 4.66. The predicted molar refractivity (Wildman–Crippen MR) is 99.4 cm³/mol. The number of aryl methyl sites for hydroxylation is 1. The van der Waals surface area contributed by atoms with Crippen LogP contribution in [0.1, 0.15) is 56.7 Å². The SMILES string of the molecule is CC[C@@]1(C)NC(=O)N(NC(=O)CN(C2CC2)[C@@H]2CCc3ccccc32)C1=O. The highest BCUT2D eigenvalue weighted by Gasteiger charge is 2.48. The standard InChI is InChI=1S/C20H26N4O3/c1-3-20(2)18(26)24(19(27)21-20)22-17(25)12-23(14-9-10-14)16-11-8-13-6-4-5-7-15(13)16/h4-7,14,16H,3,8-12H2,1-2H3,(H,21,27)(H,22,25)/t16-,20-/m1/s1. The third kappa shape index (κ3) is 3.20. The quantitative estimate of drug-likeness (QED) is 0.750. The topological polar surface area (TPSA) is 81.8 Å². The van der Waals surface area contributed by atoms with E-state index in [2.05, 4.69) is 33.8 Å². The van der Waals surface area contributed by atoms with Gasteiger partial charge in [-0.2, -0.15) is 5.01 Å². The van der Waals surface area contributed by atoms with Gasteiger partial charge < -0.3 is 5.32 Å². The number of hydrogen-bond acceptors (Lipinski definition) is 4. The van der Waals surface area contributed by atoms with Crippen molar-refractivity contribution < 1.29 is 14.4 Å². The van der Waals surface area contributed by atoms with Crippen LogP contribution < -0.4 is 10.7 Å². The minimum absolute atomic E-state index is 0.184. The van der Waals surface area contributed by atoms with Gasteiger partial charge in [-0.1, -0.05) is 31.2 Å². The maximum atomic E-state index is 12.7. The lowest BCUT2D eigenvalue weighted by Crippen LogP contribution is -2.51. The van der Waals surface area contributed by atoms with Gasteiger partial charge in [-0.25, -0.2) is 4.79 Å². The molecule has 4 rings (SSSR count). The molecule has 2 aliphatic carbocycles. The molecule has 1 aliphatic heterocycles. The smallest absolute Gasteiger partial charge is 0.322 e. The summed E-state index contributed by atoms with van der Waals surface area (Å²) < 4.78 is 0. The average molecular weight is 370 g/mol. The summed E-state index contributed by atoms with van der Waals surface area (Å²) in [5, 5.41) is 3.48. The molecule has 0 bridgehead atoms. The summed E-state index contributed by atoms with van der Waals surface area (Å²) in [6, 6.07) is 8.45. The van der Waals surface area contributed by atoms with Crippen LogP contribution in [0.25, 0.3) is 0 Å². The number of fused-ring (bicyclic) bond motifs is 1. The predicted octanol–water partition coefficient (Wildman–Crippen LogP) is 1.89. The molecule has 7 nitrogen and oxygen atoms in total. The molecule has 27 heavy (non-hydrogen) atoms. The zero-order valence-corrected chi connectivity index (χ0v) is 15.8. The molecular weight excluding hydrogens is 344 g/mol. The first-order chi connectivity index (χ1) is 12.9. The highest BCUT2D eigenvalue weighted by atomic mass is 16.2. The first-order valence-electron chi connectivity index (χ1n) is 9.72. The lowest BCUT2D eigenvalue weighted by molar-refractivity contribution is -0.139. The number of carbonyl (C=O) groups is 3. The number of imide groups is 1. The zero-order valence-electron chi connectivity index (χ0n) is 15.8. The molecule has 2 atom stereocenters. The van der Waals surface area contributed by atoms with Crippen LogP contribution in [-0.2, 0) is 16.0 Å². The zero-order chi connectivity index (χ0) is 19.2.